The van der Waals surface area contributed by atoms with Gasteiger partial charge in [-0.1, -0.05) is 36.4 Å². The van der Waals surface area contributed by atoms with E-state index in [1.165, 1.54) is 5.56 Å². The summed E-state index contributed by atoms with van der Waals surface area (Å²) in [5.41, 5.74) is 2.49. The molecule has 0 aliphatic rings. The molecule has 2 rings (SSSR count). The minimum absolute atomic E-state index is 0.103. The molecular formula is C21H29NO2. The number of ether oxygens (including phenoxy) is 2. The van der Waals surface area contributed by atoms with E-state index in [0.29, 0.717) is 0 Å². The fourth-order valence-corrected chi connectivity index (χ4v) is 2.98. The Morgan fingerprint density at radius 2 is 1.46 bits per heavy atom. The Hall–Kier alpha value is -2.00. The van der Waals surface area contributed by atoms with Gasteiger partial charge in [-0.15, -0.1) is 0 Å². The van der Waals surface area contributed by atoms with Gasteiger partial charge in [0.25, 0.3) is 0 Å². The summed E-state index contributed by atoms with van der Waals surface area (Å²) in [6.07, 6.45) is 0.970. The van der Waals surface area contributed by atoms with Crippen LogP contribution in [0.5, 0.6) is 11.5 Å². The second kappa shape index (κ2) is 8.20. The van der Waals surface area contributed by atoms with Gasteiger partial charge in [-0.25, -0.2) is 0 Å². The van der Waals surface area contributed by atoms with Gasteiger partial charge in [0.1, 0.15) is 11.5 Å². The Kier molecular flexibility index (Phi) is 6.27. The highest BCUT2D eigenvalue weighted by atomic mass is 16.5. The molecule has 0 aromatic heterocycles. The lowest BCUT2D eigenvalue weighted by molar-refractivity contribution is 0.375. The smallest absolute Gasteiger partial charge is 0.126 e. The van der Waals surface area contributed by atoms with Gasteiger partial charge in [0.2, 0.25) is 0 Å². The minimum Gasteiger partial charge on any atom is -0.496 e. The van der Waals surface area contributed by atoms with Crippen LogP contribution in [0.3, 0.4) is 0 Å². The summed E-state index contributed by atoms with van der Waals surface area (Å²) in [7, 11) is 3.43. The molecule has 130 valence electrons. The maximum Gasteiger partial charge on any atom is 0.126 e. The summed E-state index contributed by atoms with van der Waals surface area (Å²) in [6.45, 7) is 7.49. The van der Waals surface area contributed by atoms with E-state index < -0.39 is 0 Å². The average molecular weight is 327 g/mol. The molecule has 0 saturated carbocycles. The quantitative estimate of drug-likeness (QED) is 0.805. The van der Waals surface area contributed by atoms with E-state index in [1.54, 1.807) is 14.2 Å². The van der Waals surface area contributed by atoms with Crippen molar-refractivity contribution in [3.63, 3.8) is 0 Å². The Bertz CT molecular complexity index is 610. The predicted octanol–water partition coefficient (Wildman–Crippen LogP) is 4.61. The van der Waals surface area contributed by atoms with Crippen LogP contribution in [0.1, 0.15) is 44.2 Å². The Morgan fingerprint density at radius 1 is 0.875 bits per heavy atom. The van der Waals surface area contributed by atoms with Gasteiger partial charge >= 0.3 is 0 Å². The molecule has 1 N–H and O–H groups in total. The molecule has 2 aromatic carbocycles. The van der Waals surface area contributed by atoms with Crippen LogP contribution in [0.25, 0.3) is 0 Å². The molecule has 0 spiro atoms. The SMILES string of the molecule is COc1cccc(OC)c1C(CCNC(C)(C)C)c1ccccc1. The summed E-state index contributed by atoms with van der Waals surface area (Å²) in [6, 6.07) is 16.5. The molecule has 3 nitrogen and oxygen atoms in total. The lowest BCUT2D eigenvalue weighted by Gasteiger charge is -2.26. The zero-order valence-corrected chi connectivity index (χ0v) is 15.4. The number of hydrogen-bond donors (Lipinski definition) is 1. The topological polar surface area (TPSA) is 30.5 Å². The molecule has 0 aliphatic carbocycles. The molecule has 1 atom stereocenters. The van der Waals surface area contributed by atoms with Crippen molar-refractivity contribution in [3.8, 4) is 11.5 Å². The van der Waals surface area contributed by atoms with Crippen LogP contribution in [-0.2, 0) is 0 Å². The summed E-state index contributed by atoms with van der Waals surface area (Å²) in [5, 5.41) is 3.59. The summed E-state index contributed by atoms with van der Waals surface area (Å²) < 4.78 is 11.3. The molecule has 2 aromatic rings. The van der Waals surface area contributed by atoms with Crippen LogP contribution in [0.2, 0.25) is 0 Å². The third-order valence-corrected chi connectivity index (χ3v) is 4.10. The van der Waals surface area contributed by atoms with Gasteiger partial charge in [-0.3, -0.25) is 0 Å². The lowest BCUT2D eigenvalue weighted by Crippen LogP contribution is -2.37. The predicted molar refractivity (Wildman–Crippen MR) is 100 cm³/mol. The molecule has 0 bridgehead atoms. The van der Waals surface area contributed by atoms with Crippen molar-refractivity contribution in [2.24, 2.45) is 0 Å². The van der Waals surface area contributed by atoms with Crippen molar-refractivity contribution in [2.75, 3.05) is 20.8 Å². The van der Waals surface area contributed by atoms with E-state index in [9.17, 15) is 0 Å². The highest BCUT2D eigenvalue weighted by Gasteiger charge is 2.23. The number of hydrogen-bond acceptors (Lipinski definition) is 3. The maximum atomic E-state index is 5.64. The molecule has 0 fully saturated rings. The number of rotatable bonds is 7. The van der Waals surface area contributed by atoms with Crippen molar-refractivity contribution < 1.29 is 9.47 Å². The summed E-state index contributed by atoms with van der Waals surface area (Å²) in [4.78, 5) is 0. The Morgan fingerprint density at radius 3 is 1.96 bits per heavy atom. The third kappa shape index (κ3) is 4.75. The van der Waals surface area contributed by atoms with Gasteiger partial charge < -0.3 is 14.8 Å². The molecule has 3 heteroatoms. The zero-order valence-electron chi connectivity index (χ0n) is 15.4. The van der Waals surface area contributed by atoms with Crippen molar-refractivity contribution in [1.29, 1.82) is 0 Å². The fourth-order valence-electron chi connectivity index (χ4n) is 2.98. The van der Waals surface area contributed by atoms with Crippen LogP contribution >= 0.6 is 0 Å². The van der Waals surface area contributed by atoms with Crippen LogP contribution in [-0.4, -0.2) is 26.3 Å². The second-order valence-corrected chi connectivity index (χ2v) is 7.00. The minimum atomic E-state index is 0.103. The van der Waals surface area contributed by atoms with Crippen LogP contribution in [0.4, 0.5) is 0 Å². The van der Waals surface area contributed by atoms with Gasteiger partial charge in [0.15, 0.2) is 0 Å². The lowest BCUT2D eigenvalue weighted by atomic mass is 9.87. The van der Waals surface area contributed by atoms with E-state index in [0.717, 1.165) is 30.0 Å². The summed E-state index contributed by atoms with van der Waals surface area (Å²) in [5.74, 6) is 1.96. The monoisotopic (exact) mass is 327 g/mol. The van der Waals surface area contributed by atoms with Gasteiger partial charge in [-0.05, 0) is 51.4 Å². The number of methoxy groups -OCH3 is 2. The first-order chi connectivity index (χ1) is 11.5. The second-order valence-electron chi connectivity index (χ2n) is 7.00. The maximum absolute atomic E-state index is 5.64. The number of nitrogens with one attached hydrogen (secondary N) is 1. The zero-order chi connectivity index (χ0) is 17.6. The molecule has 0 amide bonds. The average Bonchev–Trinajstić information content (AvgIpc) is 2.58. The van der Waals surface area contributed by atoms with Gasteiger partial charge in [-0.2, -0.15) is 0 Å². The molecule has 0 saturated heterocycles. The van der Waals surface area contributed by atoms with Gasteiger partial charge in [0.05, 0.1) is 14.2 Å². The first-order valence-corrected chi connectivity index (χ1v) is 8.47. The standard InChI is InChI=1S/C21H29NO2/c1-21(2,3)22-15-14-17(16-10-7-6-8-11-16)20-18(23-4)12-9-13-19(20)24-5/h6-13,17,22H,14-15H2,1-5H3. The molecule has 0 heterocycles. The number of benzene rings is 2. The largest absolute Gasteiger partial charge is 0.496 e. The fraction of sp³-hybridized carbons (Fsp3) is 0.429. The van der Waals surface area contributed by atoms with Crippen molar-refractivity contribution >= 4 is 0 Å². The van der Waals surface area contributed by atoms with E-state index in [1.807, 2.05) is 24.3 Å². The highest BCUT2D eigenvalue weighted by molar-refractivity contribution is 5.51. The van der Waals surface area contributed by atoms with Crippen LogP contribution in [0, 0.1) is 0 Å². The molecule has 0 radical (unpaired) electrons. The third-order valence-electron chi connectivity index (χ3n) is 4.10. The van der Waals surface area contributed by atoms with E-state index in [2.05, 4.69) is 50.4 Å². The molecule has 1 unspecified atom stereocenters. The van der Waals surface area contributed by atoms with E-state index in [4.69, 9.17) is 9.47 Å². The van der Waals surface area contributed by atoms with Gasteiger partial charge in [0, 0.05) is 17.0 Å². The summed E-state index contributed by atoms with van der Waals surface area (Å²) >= 11 is 0. The first-order valence-electron chi connectivity index (χ1n) is 8.47. The van der Waals surface area contributed by atoms with E-state index in [-0.39, 0.29) is 11.5 Å². The van der Waals surface area contributed by atoms with Crippen LogP contribution < -0.4 is 14.8 Å². The van der Waals surface area contributed by atoms with Crippen molar-refractivity contribution in [3.05, 3.63) is 59.7 Å². The normalized spacial score (nSPS) is 12.7. The molecular weight excluding hydrogens is 298 g/mol. The Balaban J connectivity index is 2.39. The Labute approximate surface area is 146 Å². The highest BCUT2D eigenvalue weighted by Crippen LogP contribution is 2.40. The first kappa shape index (κ1) is 18.3. The van der Waals surface area contributed by atoms with Crippen molar-refractivity contribution in [1.82, 2.24) is 5.32 Å². The van der Waals surface area contributed by atoms with Crippen molar-refractivity contribution in [2.45, 2.75) is 38.6 Å². The van der Waals surface area contributed by atoms with E-state index >= 15 is 0 Å². The van der Waals surface area contributed by atoms with Crippen LogP contribution in [0.15, 0.2) is 48.5 Å². The molecule has 24 heavy (non-hydrogen) atoms. The molecule has 0 aliphatic heterocycles.